The summed E-state index contributed by atoms with van der Waals surface area (Å²) in [6, 6.07) is 14.0. The van der Waals surface area contributed by atoms with Gasteiger partial charge in [-0.05, 0) is 31.2 Å². The number of nitrogens with zero attached hydrogens (tertiary/aromatic N) is 4. The molecule has 1 aliphatic heterocycles. The fourth-order valence-electron chi connectivity index (χ4n) is 3.31. The number of anilines is 1. The number of amides is 1. The highest BCUT2D eigenvalue weighted by Crippen LogP contribution is 2.16. The molecule has 5 nitrogen and oxygen atoms in total. The standard InChI is InChI=1S/C21H28N4O/c1-3-23-12-14-25(15-13-23)20-11-10-19(16-22-20)21(26)24(4-2)17-18-8-6-5-7-9-18/h5-11,16H,3-4,12-15,17H2,1-2H3. The van der Waals surface area contributed by atoms with E-state index in [0.717, 1.165) is 44.1 Å². The monoisotopic (exact) mass is 352 g/mol. The van der Waals surface area contributed by atoms with Crippen molar-refractivity contribution in [1.29, 1.82) is 0 Å². The highest BCUT2D eigenvalue weighted by Gasteiger charge is 2.18. The van der Waals surface area contributed by atoms with Crippen LogP contribution in [0.3, 0.4) is 0 Å². The van der Waals surface area contributed by atoms with Gasteiger partial charge < -0.3 is 14.7 Å². The number of rotatable bonds is 6. The first kappa shape index (κ1) is 18.4. The van der Waals surface area contributed by atoms with E-state index in [1.807, 2.05) is 54.3 Å². The minimum Gasteiger partial charge on any atom is -0.354 e. The van der Waals surface area contributed by atoms with Crippen LogP contribution in [0.5, 0.6) is 0 Å². The summed E-state index contributed by atoms with van der Waals surface area (Å²) < 4.78 is 0. The maximum atomic E-state index is 12.8. The van der Waals surface area contributed by atoms with E-state index in [2.05, 4.69) is 21.7 Å². The second-order valence-electron chi connectivity index (χ2n) is 6.63. The van der Waals surface area contributed by atoms with Crippen molar-refractivity contribution in [2.45, 2.75) is 20.4 Å². The SMILES string of the molecule is CCN1CCN(c2ccc(C(=O)N(CC)Cc3ccccc3)cn2)CC1. The van der Waals surface area contributed by atoms with Gasteiger partial charge in [0, 0.05) is 45.5 Å². The van der Waals surface area contributed by atoms with Gasteiger partial charge in [-0.3, -0.25) is 4.79 Å². The van der Waals surface area contributed by atoms with Gasteiger partial charge in [0.05, 0.1) is 5.56 Å². The van der Waals surface area contributed by atoms with E-state index in [-0.39, 0.29) is 5.91 Å². The predicted molar refractivity (Wildman–Crippen MR) is 105 cm³/mol. The first-order chi connectivity index (χ1) is 12.7. The van der Waals surface area contributed by atoms with Crippen LogP contribution in [0.2, 0.25) is 0 Å². The lowest BCUT2D eigenvalue weighted by molar-refractivity contribution is 0.0752. The molecule has 0 aliphatic carbocycles. The molecule has 3 rings (SSSR count). The van der Waals surface area contributed by atoms with E-state index in [9.17, 15) is 4.79 Å². The van der Waals surface area contributed by atoms with Crippen LogP contribution in [0.4, 0.5) is 5.82 Å². The summed E-state index contributed by atoms with van der Waals surface area (Å²) in [6.07, 6.45) is 1.72. The van der Waals surface area contributed by atoms with Gasteiger partial charge in [0.2, 0.25) is 0 Å². The normalized spacial score (nSPS) is 15.1. The average Bonchev–Trinajstić information content (AvgIpc) is 2.72. The van der Waals surface area contributed by atoms with E-state index < -0.39 is 0 Å². The molecule has 1 amide bonds. The third-order valence-corrected chi connectivity index (χ3v) is 5.02. The van der Waals surface area contributed by atoms with Crippen molar-refractivity contribution in [1.82, 2.24) is 14.8 Å². The molecule has 0 radical (unpaired) electrons. The first-order valence-corrected chi connectivity index (χ1v) is 9.47. The van der Waals surface area contributed by atoms with Crippen LogP contribution in [-0.2, 0) is 6.54 Å². The number of aromatic nitrogens is 1. The minimum atomic E-state index is 0.0335. The third kappa shape index (κ3) is 4.41. The Bertz CT molecular complexity index is 694. The zero-order chi connectivity index (χ0) is 18.4. The lowest BCUT2D eigenvalue weighted by atomic mass is 10.2. The second-order valence-corrected chi connectivity index (χ2v) is 6.63. The van der Waals surface area contributed by atoms with Gasteiger partial charge in [-0.15, -0.1) is 0 Å². The van der Waals surface area contributed by atoms with Gasteiger partial charge in [0.15, 0.2) is 0 Å². The van der Waals surface area contributed by atoms with Crippen LogP contribution in [0.15, 0.2) is 48.7 Å². The number of carbonyl (C=O) groups excluding carboxylic acids is 1. The molecule has 1 fully saturated rings. The van der Waals surface area contributed by atoms with E-state index in [4.69, 9.17) is 0 Å². The Morgan fingerprint density at radius 3 is 2.35 bits per heavy atom. The molecule has 26 heavy (non-hydrogen) atoms. The molecule has 0 atom stereocenters. The van der Waals surface area contributed by atoms with Crippen molar-refractivity contribution in [2.24, 2.45) is 0 Å². The summed E-state index contributed by atoms with van der Waals surface area (Å²) in [6.45, 7) is 10.7. The molecule has 0 unspecified atom stereocenters. The predicted octanol–water partition coefficient (Wildman–Crippen LogP) is 2.89. The van der Waals surface area contributed by atoms with Gasteiger partial charge in [-0.1, -0.05) is 37.3 Å². The highest BCUT2D eigenvalue weighted by molar-refractivity contribution is 5.94. The Morgan fingerprint density at radius 2 is 1.77 bits per heavy atom. The van der Waals surface area contributed by atoms with Gasteiger partial charge in [-0.2, -0.15) is 0 Å². The molecule has 2 heterocycles. The van der Waals surface area contributed by atoms with Crippen LogP contribution < -0.4 is 4.90 Å². The molecule has 2 aromatic rings. The Hall–Kier alpha value is -2.40. The second kappa shape index (κ2) is 8.81. The van der Waals surface area contributed by atoms with Gasteiger partial charge in [0.1, 0.15) is 5.82 Å². The van der Waals surface area contributed by atoms with E-state index in [0.29, 0.717) is 18.7 Å². The Labute approximate surface area is 156 Å². The molecule has 0 saturated carbocycles. The average molecular weight is 352 g/mol. The molecule has 0 spiro atoms. The molecular formula is C21H28N4O. The zero-order valence-corrected chi connectivity index (χ0v) is 15.8. The van der Waals surface area contributed by atoms with Crippen LogP contribution in [0.1, 0.15) is 29.8 Å². The largest absolute Gasteiger partial charge is 0.354 e. The molecular weight excluding hydrogens is 324 g/mol. The number of piperazine rings is 1. The van der Waals surface area contributed by atoms with Crippen molar-refractivity contribution in [3.8, 4) is 0 Å². The van der Waals surface area contributed by atoms with Crippen LogP contribution >= 0.6 is 0 Å². The number of likely N-dealkylation sites (N-methyl/N-ethyl adjacent to an activating group) is 1. The third-order valence-electron chi connectivity index (χ3n) is 5.02. The minimum absolute atomic E-state index is 0.0335. The van der Waals surface area contributed by atoms with Crippen molar-refractivity contribution in [3.63, 3.8) is 0 Å². The summed E-state index contributed by atoms with van der Waals surface area (Å²) in [5.41, 5.74) is 1.79. The van der Waals surface area contributed by atoms with Crippen molar-refractivity contribution in [2.75, 3.05) is 44.2 Å². The van der Waals surface area contributed by atoms with Gasteiger partial charge in [0.25, 0.3) is 5.91 Å². The van der Waals surface area contributed by atoms with Crippen LogP contribution in [0.25, 0.3) is 0 Å². The molecule has 138 valence electrons. The number of hydrogen-bond acceptors (Lipinski definition) is 4. The van der Waals surface area contributed by atoms with Crippen molar-refractivity contribution >= 4 is 11.7 Å². The highest BCUT2D eigenvalue weighted by atomic mass is 16.2. The van der Waals surface area contributed by atoms with Gasteiger partial charge >= 0.3 is 0 Å². The topological polar surface area (TPSA) is 39.7 Å². The van der Waals surface area contributed by atoms with Crippen LogP contribution in [-0.4, -0.2) is 60.0 Å². The summed E-state index contributed by atoms with van der Waals surface area (Å²) in [5, 5.41) is 0. The van der Waals surface area contributed by atoms with Crippen LogP contribution in [0, 0.1) is 0 Å². The van der Waals surface area contributed by atoms with E-state index in [1.54, 1.807) is 6.20 Å². The molecule has 0 N–H and O–H groups in total. The number of benzene rings is 1. The number of pyridine rings is 1. The molecule has 1 aromatic heterocycles. The first-order valence-electron chi connectivity index (χ1n) is 9.47. The maximum absolute atomic E-state index is 12.8. The fraction of sp³-hybridized carbons (Fsp3) is 0.429. The molecule has 1 aromatic carbocycles. The molecule has 5 heteroatoms. The maximum Gasteiger partial charge on any atom is 0.255 e. The smallest absolute Gasteiger partial charge is 0.255 e. The van der Waals surface area contributed by atoms with Crippen molar-refractivity contribution < 1.29 is 4.79 Å². The fourth-order valence-corrected chi connectivity index (χ4v) is 3.31. The van der Waals surface area contributed by atoms with E-state index in [1.165, 1.54) is 0 Å². The Kier molecular flexibility index (Phi) is 6.23. The molecule has 1 aliphatic rings. The summed E-state index contributed by atoms with van der Waals surface area (Å²) in [7, 11) is 0. The Morgan fingerprint density at radius 1 is 1.04 bits per heavy atom. The summed E-state index contributed by atoms with van der Waals surface area (Å²) in [5.74, 6) is 0.995. The van der Waals surface area contributed by atoms with E-state index >= 15 is 0 Å². The lowest BCUT2D eigenvalue weighted by Gasteiger charge is -2.34. The summed E-state index contributed by atoms with van der Waals surface area (Å²) in [4.78, 5) is 24.0. The zero-order valence-electron chi connectivity index (χ0n) is 15.8. The molecule has 0 bridgehead atoms. The Balaban J connectivity index is 1.64. The van der Waals surface area contributed by atoms with Crippen molar-refractivity contribution in [3.05, 3.63) is 59.8 Å². The number of carbonyl (C=O) groups is 1. The lowest BCUT2D eigenvalue weighted by Crippen LogP contribution is -2.46. The quantitative estimate of drug-likeness (QED) is 0.801. The summed E-state index contributed by atoms with van der Waals surface area (Å²) >= 11 is 0. The van der Waals surface area contributed by atoms with Gasteiger partial charge in [-0.25, -0.2) is 4.98 Å². The number of hydrogen-bond donors (Lipinski definition) is 0. The molecule has 1 saturated heterocycles.